The first-order valence-electron chi connectivity index (χ1n) is 12.0. The van der Waals surface area contributed by atoms with Crippen molar-refractivity contribution in [2.24, 2.45) is 29.1 Å². The fraction of sp³-hybridized carbons (Fsp3) is 0.741. The normalized spacial score (nSPS) is 36.0. The molecule has 5 aliphatic rings. The molecule has 1 aromatic carbocycles. The van der Waals surface area contributed by atoms with Crippen molar-refractivity contribution in [3.8, 4) is 0 Å². The van der Waals surface area contributed by atoms with E-state index in [1.165, 1.54) is 55.3 Å². The van der Waals surface area contributed by atoms with Crippen molar-refractivity contribution >= 4 is 14.9 Å². The van der Waals surface area contributed by atoms with Crippen LogP contribution >= 0.6 is 9.19 Å². The van der Waals surface area contributed by atoms with Gasteiger partial charge in [-0.2, -0.15) is 0 Å². The van der Waals surface area contributed by atoms with Crippen LogP contribution in [0.3, 0.4) is 0 Å². The summed E-state index contributed by atoms with van der Waals surface area (Å²) in [5.41, 5.74) is 5.00. The van der Waals surface area contributed by atoms with Gasteiger partial charge in [0.1, 0.15) is 0 Å². The van der Waals surface area contributed by atoms with E-state index in [1.54, 1.807) is 20.0 Å². The third-order valence-electron chi connectivity index (χ3n) is 8.81. The van der Waals surface area contributed by atoms with Gasteiger partial charge in [-0.1, -0.05) is 45.9 Å². The van der Waals surface area contributed by atoms with Gasteiger partial charge >= 0.3 is 29.2 Å². The average molecular weight is 610 g/mol. The molecular formula is C27H39AuClN. The molecule has 0 aromatic heterocycles. The van der Waals surface area contributed by atoms with Gasteiger partial charge in [-0.25, -0.2) is 0 Å². The number of anilines is 1. The van der Waals surface area contributed by atoms with Crippen LogP contribution in [0.2, 0.25) is 0 Å². The molecule has 1 aliphatic heterocycles. The zero-order chi connectivity index (χ0) is 21.8. The summed E-state index contributed by atoms with van der Waals surface area (Å²) in [5.74, 6) is 4.92. The Morgan fingerprint density at radius 3 is 1.80 bits per heavy atom. The first-order valence-corrected chi connectivity index (χ1v) is 14.7. The molecule has 1 aromatic rings. The molecule has 5 fully saturated rings. The maximum atomic E-state index is 4.58. The standard InChI is InChI=1S/C27H39N.Au.ClH/c1-17(2)23-8-7-9-24(18(3)4)25(23)28-16-27(15-26(28,5)6)21-11-19-10-20(13-21)14-22(27)12-19;;/h7-9,17-22H,10-15H2,1-6H3;;1H/q;+1;/p-1. The van der Waals surface area contributed by atoms with Gasteiger partial charge < -0.3 is 4.90 Å². The maximum absolute atomic E-state index is 4.58. The monoisotopic (exact) mass is 609 g/mol. The zero-order valence-corrected chi connectivity index (χ0v) is 22.5. The van der Waals surface area contributed by atoms with Crippen molar-refractivity contribution in [1.29, 1.82) is 0 Å². The van der Waals surface area contributed by atoms with Gasteiger partial charge in [0.25, 0.3) is 0 Å². The molecule has 4 aliphatic carbocycles. The molecular weight excluding hydrogens is 571 g/mol. The van der Waals surface area contributed by atoms with E-state index in [2.05, 4.69) is 80.4 Å². The summed E-state index contributed by atoms with van der Waals surface area (Å²) in [4.78, 5) is 2.65. The fourth-order valence-corrected chi connectivity index (χ4v) is 7.82. The van der Waals surface area contributed by atoms with E-state index in [-0.39, 0.29) is 5.54 Å². The predicted molar refractivity (Wildman–Crippen MR) is 124 cm³/mol. The van der Waals surface area contributed by atoms with Crippen LogP contribution in [0.25, 0.3) is 0 Å². The van der Waals surface area contributed by atoms with Gasteiger partial charge in [0.05, 0.1) is 6.54 Å². The first-order chi connectivity index (χ1) is 14.2. The summed E-state index contributed by atoms with van der Waals surface area (Å²) in [6, 6.07) is 7.01. The minimum absolute atomic E-state index is 0.157. The minimum atomic E-state index is 0.157. The second-order valence-corrected chi connectivity index (χ2v) is 11.9. The number of para-hydroxylation sites is 1. The first kappa shape index (κ1) is 23.2. The van der Waals surface area contributed by atoms with Crippen LogP contribution in [-0.2, 0) is 20.0 Å². The zero-order valence-electron chi connectivity index (χ0n) is 19.6. The van der Waals surface area contributed by atoms with Crippen LogP contribution in [0.4, 0.5) is 5.69 Å². The molecule has 1 nitrogen and oxygen atoms in total. The Labute approximate surface area is 201 Å². The molecule has 0 atom stereocenters. The molecule has 1 saturated heterocycles. The topological polar surface area (TPSA) is 3.24 Å². The number of benzene rings is 1. The van der Waals surface area contributed by atoms with Gasteiger partial charge in [-0.3, -0.25) is 0 Å². The molecule has 1 heterocycles. The second-order valence-electron chi connectivity index (χ2n) is 11.9. The molecule has 30 heavy (non-hydrogen) atoms. The molecule has 2 radical (unpaired) electrons. The van der Waals surface area contributed by atoms with Crippen molar-refractivity contribution < 1.29 is 20.0 Å². The Kier molecular flexibility index (Phi) is 6.53. The second kappa shape index (κ2) is 8.44. The van der Waals surface area contributed by atoms with Crippen LogP contribution in [0.5, 0.6) is 0 Å². The van der Waals surface area contributed by atoms with E-state index in [0.717, 1.165) is 23.7 Å². The molecule has 0 unspecified atom stereocenters. The SMILES string of the molecule is CC(C)c1cccc(C(C)C)c1N1[C]C2(CC1(C)C)C1CC3CC(C1)CC2C3.[Cl][Au]. The van der Waals surface area contributed by atoms with Gasteiger partial charge in [0.2, 0.25) is 0 Å². The van der Waals surface area contributed by atoms with E-state index in [9.17, 15) is 0 Å². The van der Waals surface area contributed by atoms with Gasteiger partial charge in [0.15, 0.2) is 0 Å². The van der Waals surface area contributed by atoms with Crippen LogP contribution in [-0.4, -0.2) is 5.54 Å². The molecule has 4 bridgehead atoms. The molecule has 3 heteroatoms. The summed E-state index contributed by atoms with van der Waals surface area (Å²) < 4.78 is 0. The third kappa shape index (κ3) is 3.64. The Hall–Kier alpha value is 0.0503. The Balaban J connectivity index is 0.00000106. The van der Waals surface area contributed by atoms with Crippen molar-refractivity contribution in [1.82, 2.24) is 0 Å². The summed E-state index contributed by atoms with van der Waals surface area (Å²) in [5, 5.41) is 0. The number of nitrogens with zero attached hydrogens (tertiary/aromatic N) is 1. The van der Waals surface area contributed by atoms with Crippen LogP contribution < -0.4 is 4.90 Å². The molecule has 0 amide bonds. The van der Waals surface area contributed by atoms with E-state index >= 15 is 0 Å². The summed E-state index contributed by atoms with van der Waals surface area (Å²) in [6.45, 7) is 18.7. The third-order valence-corrected chi connectivity index (χ3v) is 8.81. The van der Waals surface area contributed by atoms with Crippen LogP contribution in [0.15, 0.2) is 18.2 Å². The Morgan fingerprint density at radius 2 is 1.37 bits per heavy atom. The quantitative estimate of drug-likeness (QED) is 0.313. The Morgan fingerprint density at radius 1 is 0.900 bits per heavy atom. The van der Waals surface area contributed by atoms with E-state index < -0.39 is 0 Å². The van der Waals surface area contributed by atoms with Gasteiger partial charge in [-0.05, 0) is 99.0 Å². The van der Waals surface area contributed by atoms with Crippen LogP contribution in [0.1, 0.15) is 103 Å². The number of hydrogen-bond acceptors (Lipinski definition) is 1. The number of halogens is 1. The van der Waals surface area contributed by atoms with Crippen molar-refractivity contribution in [3.63, 3.8) is 0 Å². The molecule has 6 rings (SSSR count). The van der Waals surface area contributed by atoms with Crippen molar-refractivity contribution in [3.05, 3.63) is 35.9 Å². The van der Waals surface area contributed by atoms with Crippen LogP contribution in [0, 0.1) is 35.6 Å². The average Bonchev–Trinajstić information content (AvgIpc) is 2.98. The van der Waals surface area contributed by atoms with E-state index in [1.807, 2.05) is 0 Å². The molecule has 1 spiro atoms. The number of hydrogen-bond donors (Lipinski definition) is 0. The van der Waals surface area contributed by atoms with E-state index in [0.29, 0.717) is 17.3 Å². The Bertz CT molecular complexity index is 714. The van der Waals surface area contributed by atoms with E-state index in [4.69, 9.17) is 0 Å². The molecule has 4 saturated carbocycles. The number of rotatable bonds is 3. The van der Waals surface area contributed by atoms with Crippen molar-refractivity contribution in [2.75, 3.05) is 4.90 Å². The van der Waals surface area contributed by atoms with Crippen molar-refractivity contribution in [2.45, 2.75) is 97.4 Å². The predicted octanol–water partition coefficient (Wildman–Crippen LogP) is 8.09. The summed E-state index contributed by atoms with van der Waals surface area (Å²) in [7, 11) is 4.58. The van der Waals surface area contributed by atoms with Gasteiger partial charge in [0, 0.05) is 16.6 Å². The summed E-state index contributed by atoms with van der Waals surface area (Å²) >= 11 is 1.75. The summed E-state index contributed by atoms with van der Waals surface area (Å²) in [6.07, 6.45) is 8.75. The fourth-order valence-electron chi connectivity index (χ4n) is 7.82. The van der Waals surface area contributed by atoms with Gasteiger partial charge in [-0.15, -0.1) is 0 Å². The molecule has 170 valence electrons. The molecule has 0 N–H and O–H groups in total.